The van der Waals surface area contributed by atoms with Gasteiger partial charge < -0.3 is 10.1 Å². The molecule has 0 aromatic heterocycles. The van der Waals surface area contributed by atoms with Crippen molar-refractivity contribution in [3.8, 4) is 6.07 Å². The minimum absolute atomic E-state index is 0.246. The lowest BCUT2D eigenvalue weighted by Gasteiger charge is -2.27. The van der Waals surface area contributed by atoms with Crippen LogP contribution < -0.4 is 5.32 Å². The van der Waals surface area contributed by atoms with Crippen LogP contribution in [0.4, 0.5) is 5.69 Å². The van der Waals surface area contributed by atoms with Crippen molar-refractivity contribution >= 4 is 11.6 Å². The van der Waals surface area contributed by atoms with E-state index in [1.165, 1.54) is 0 Å². The number of para-hydroxylation sites is 1. The number of hydrogen-bond donors (Lipinski definition) is 1. The lowest BCUT2D eigenvalue weighted by atomic mass is 10.1. The number of ether oxygens (including phenoxy) is 1. The minimum atomic E-state index is -0.568. The molecule has 4 nitrogen and oxygen atoms in total. The molecular formula is C15H20N2O2. The average molecular weight is 260 g/mol. The number of carbonyl (C=O) groups excluding carboxylic acids is 1. The molecule has 0 saturated heterocycles. The first-order chi connectivity index (χ1) is 8.89. The van der Waals surface area contributed by atoms with Crippen LogP contribution >= 0.6 is 0 Å². The number of nitriles is 1. The van der Waals surface area contributed by atoms with E-state index in [0.717, 1.165) is 6.42 Å². The SMILES string of the molecule is CCC(C)(C)OC(C)C(=O)Nc1ccccc1C#N. The van der Waals surface area contributed by atoms with Crippen LogP contribution in [0.15, 0.2) is 24.3 Å². The van der Waals surface area contributed by atoms with Crippen LogP contribution in [-0.2, 0) is 9.53 Å². The van der Waals surface area contributed by atoms with Gasteiger partial charge in [0.1, 0.15) is 12.2 Å². The van der Waals surface area contributed by atoms with Gasteiger partial charge in [-0.15, -0.1) is 0 Å². The van der Waals surface area contributed by atoms with Crippen LogP contribution in [0.2, 0.25) is 0 Å². The molecule has 0 bridgehead atoms. The molecule has 1 atom stereocenters. The van der Waals surface area contributed by atoms with E-state index in [9.17, 15) is 4.79 Å². The number of rotatable bonds is 5. The van der Waals surface area contributed by atoms with E-state index in [1.54, 1.807) is 31.2 Å². The Kier molecular flexibility index (Phi) is 5.08. The van der Waals surface area contributed by atoms with Crippen LogP contribution in [0.1, 0.15) is 39.7 Å². The van der Waals surface area contributed by atoms with Crippen molar-refractivity contribution in [2.75, 3.05) is 5.32 Å². The minimum Gasteiger partial charge on any atom is -0.363 e. The lowest BCUT2D eigenvalue weighted by molar-refractivity contribution is -0.137. The molecule has 0 spiro atoms. The zero-order chi connectivity index (χ0) is 14.5. The molecule has 0 aliphatic heterocycles. The van der Waals surface area contributed by atoms with Crippen LogP contribution in [0, 0.1) is 11.3 Å². The van der Waals surface area contributed by atoms with Crippen molar-refractivity contribution in [3.63, 3.8) is 0 Å². The molecule has 1 aromatic carbocycles. The summed E-state index contributed by atoms with van der Waals surface area (Å²) in [5.41, 5.74) is 0.614. The molecule has 0 radical (unpaired) electrons. The van der Waals surface area contributed by atoms with E-state index in [-0.39, 0.29) is 11.5 Å². The Morgan fingerprint density at radius 3 is 2.68 bits per heavy atom. The molecule has 1 N–H and O–H groups in total. The average Bonchev–Trinajstić information content (AvgIpc) is 2.38. The summed E-state index contributed by atoms with van der Waals surface area (Å²) in [4.78, 5) is 12.0. The topological polar surface area (TPSA) is 62.1 Å². The summed E-state index contributed by atoms with van der Waals surface area (Å²) in [5, 5.41) is 11.7. The molecule has 0 heterocycles. The quantitative estimate of drug-likeness (QED) is 0.884. The molecule has 1 rings (SSSR count). The number of amides is 1. The highest BCUT2D eigenvalue weighted by molar-refractivity contribution is 5.95. The Labute approximate surface area is 114 Å². The molecule has 1 unspecified atom stereocenters. The smallest absolute Gasteiger partial charge is 0.253 e. The van der Waals surface area contributed by atoms with Gasteiger partial charge in [0.05, 0.1) is 16.9 Å². The molecule has 0 aliphatic carbocycles. The maximum atomic E-state index is 12.0. The Morgan fingerprint density at radius 1 is 1.47 bits per heavy atom. The molecule has 1 amide bonds. The second-order valence-electron chi connectivity index (χ2n) is 5.02. The van der Waals surface area contributed by atoms with Crippen molar-refractivity contribution in [1.29, 1.82) is 5.26 Å². The number of nitrogens with zero attached hydrogens (tertiary/aromatic N) is 1. The predicted molar refractivity (Wildman–Crippen MR) is 74.7 cm³/mol. The second kappa shape index (κ2) is 6.35. The van der Waals surface area contributed by atoms with E-state index < -0.39 is 6.10 Å². The Hall–Kier alpha value is -1.86. The molecule has 0 aliphatic rings. The van der Waals surface area contributed by atoms with Crippen molar-refractivity contribution in [2.24, 2.45) is 0 Å². The van der Waals surface area contributed by atoms with Gasteiger partial charge in [0.2, 0.25) is 0 Å². The predicted octanol–water partition coefficient (Wildman–Crippen LogP) is 3.09. The van der Waals surface area contributed by atoms with Gasteiger partial charge in [-0.3, -0.25) is 4.79 Å². The zero-order valence-corrected chi connectivity index (χ0v) is 11.9. The highest BCUT2D eigenvalue weighted by atomic mass is 16.5. The normalized spacial score (nSPS) is 12.6. The summed E-state index contributed by atoms with van der Waals surface area (Å²) in [7, 11) is 0. The first kappa shape index (κ1) is 15.2. The van der Waals surface area contributed by atoms with Crippen LogP contribution in [0.5, 0.6) is 0 Å². The third-order valence-corrected chi connectivity index (χ3v) is 3.02. The van der Waals surface area contributed by atoms with Gasteiger partial charge in [0.15, 0.2) is 0 Å². The Bertz CT molecular complexity index is 489. The van der Waals surface area contributed by atoms with Crippen molar-refractivity contribution in [1.82, 2.24) is 0 Å². The Balaban J connectivity index is 2.72. The highest BCUT2D eigenvalue weighted by Crippen LogP contribution is 2.18. The van der Waals surface area contributed by atoms with Gasteiger partial charge in [0, 0.05) is 0 Å². The molecule has 19 heavy (non-hydrogen) atoms. The van der Waals surface area contributed by atoms with Gasteiger partial charge in [0.25, 0.3) is 5.91 Å². The third-order valence-electron chi connectivity index (χ3n) is 3.02. The fourth-order valence-corrected chi connectivity index (χ4v) is 1.54. The van der Waals surface area contributed by atoms with Crippen LogP contribution in [0.3, 0.4) is 0 Å². The van der Waals surface area contributed by atoms with Crippen molar-refractivity contribution in [3.05, 3.63) is 29.8 Å². The fourth-order valence-electron chi connectivity index (χ4n) is 1.54. The summed E-state index contributed by atoms with van der Waals surface area (Å²) >= 11 is 0. The van der Waals surface area contributed by atoms with Gasteiger partial charge in [-0.2, -0.15) is 5.26 Å². The van der Waals surface area contributed by atoms with Gasteiger partial charge in [-0.25, -0.2) is 0 Å². The maximum absolute atomic E-state index is 12.0. The second-order valence-corrected chi connectivity index (χ2v) is 5.02. The van der Waals surface area contributed by atoms with Crippen LogP contribution in [0.25, 0.3) is 0 Å². The standard InChI is InChI=1S/C15H20N2O2/c1-5-15(3,4)19-11(2)14(18)17-13-9-7-6-8-12(13)10-16/h6-9,11H,5H2,1-4H3,(H,17,18). The van der Waals surface area contributed by atoms with E-state index >= 15 is 0 Å². The fraction of sp³-hybridized carbons (Fsp3) is 0.467. The van der Waals surface area contributed by atoms with Crippen molar-refractivity contribution in [2.45, 2.75) is 45.8 Å². The maximum Gasteiger partial charge on any atom is 0.253 e. The first-order valence-corrected chi connectivity index (χ1v) is 6.37. The Morgan fingerprint density at radius 2 is 2.11 bits per heavy atom. The molecule has 0 fully saturated rings. The summed E-state index contributed by atoms with van der Waals surface area (Å²) in [5.74, 6) is -0.246. The lowest BCUT2D eigenvalue weighted by Crippen LogP contribution is -2.36. The number of benzene rings is 1. The number of nitrogens with one attached hydrogen (secondary N) is 1. The molecule has 1 aromatic rings. The molecule has 102 valence electrons. The van der Waals surface area contributed by atoms with Gasteiger partial charge in [-0.05, 0) is 39.3 Å². The monoisotopic (exact) mass is 260 g/mol. The van der Waals surface area contributed by atoms with Crippen LogP contribution in [-0.4, -0.2) is 17.6 Å². The third kappa shape index (κ3) is 4.38. The van der Waals surface area contributed by atoms with Crippen molar-refractivity contribution < 1.29 is 9.53 Å². The van der Waals surface area contributed by atoms with E-state index in [2.05, 4.69) is 5.32 Å². The largest absolute Gasteiger partial charge is 0.363 e. The summed E-state index contributed by atoms with van der Waals surface area (Å²) in [6, 6.07) is 8.94. The number of anilines is 1. The molecule has 0 saturated carbocycles. The van der Waals surface area contributed by atoms with Gasteiger partial charge >= 0.3 is 0 Å². The zero-order valence-electron chi connectivity index (χ0n) is 11.9. The number of carbonyl (C=O) groups is 1. The summed E-state index contributed by atoms with van der Waals surface area (Å²) in [6.07, 6.45) is 0.251. The molecule has 4 heteroatoms. The van der Waals surface area contributed by atoms with Gasteiger partial charge in [-0.1, -0.05) is 19.1 Å². The van der Waals surface area contributed by atoms with E-state index in [1.807, 2.05) is 26.8 Å². The summed E-state index contributed by atoms with van der Waals surface area (Å²) < 4.78 is 5.70. The van der Waals surface area contributed by atoms with E-state index in [0.29, 0.717) is 11.3 Å². The van der Waals surface area contributed by atoms with E-state index in [4.69, 9.17) is 10.00 Å². The molecular weight excluding hydrogens is 240 g/mol. The highest BCUT2D eigenvalue weighted by Gasteiger charge is 2.24. The number of hydrogen-bond acceptors (Lipinski definition) is 3. The summed E-state index contributed by atoms with van der Waals surface area (Å²) in [6.45, 7) is 7.61. The first-order valence-electron chi connectivity index (χ1n) is 6.37.